The summed E-state index contributed by atoms with van der Waals surface area (Å²) in [6, 6.07) is -0.432. The van der Waals surface area contributed by atoms with Crippen LogP contribution in [0.25, 0.3) is 0 Å². The maximum atomic E-state index is 11.8. The van der Waals surface area contributed by atoms with Gasteiger partial charge in [-0.15, -0.1) is 0 Å². The van der Waals surface area contributed by atoms with Gasteiger partial charge in [0, 0.05) is 11.6 Å². The summed E-state index contributed by atoms with van der Waals surface area (Å²) in [7, 11) is 0. The molecule has 0 spiro atoms. The minimum Gasteiger partial charge on any atom is -0.466 e. The van der Waals surface area contributed by atoms with E-state index < -0.39 is 0 Å². The second-order valence-corrected chi connectivity index (χ2v) is 5.54. The molecule has 0 aromatic rings. The Morgan fingerprint density at radius 2 is 1.78 bits per heavy atom. The van der Waals surface area contributed by atoms with Gasteiger partial charge in [0.2, 0.25) is 5.91 Å². The number of hydrogen-bond donors (Lipinski definition) is 2. The molecule has 0 bridgehead atoms. The maximum Gasteiger partial charge on any atom is 0.307 e. The third kappa shape index (κ3) is 8.06. The summed E-state index contributed by atoms with van der Waals surface area (Å²) in [6.07, 6.45) is 0.265. The van der Waals surface area contributed by atoms with Gasteiger partial charge in [-0.05, 0) is 41.5 Å². The minimum absolute atomic E-state index is 0.0711. The van der Waals surface area contributed by atoms with E-state index in [0.717, 1.165) is 0 Å². The van der Waals surface area contributed by atoms with Crippen molar-refractivity contribution < 1.29 is 14.3 Å². The Balaban J connectivity index is 4.10. The summed E-state index contributed by atoms with van der Waals surface area (Å²) in [5.41, 5.74) is -0.253. The Kier molecular flexibility index (Phi) is 6.91. The Hall–Kier alpha value is -1.10. The molecule has 2 unspecified atom stereocenters. The van der Waals surface area contributed by atoms with E-state index in [2.05, 4.69) is 10.6 Å². The first-order chi connectivity index (χ1) is 8.15. The molecule has 0 fully saturated rings. The summed E-state index contributed by atoms with van der Waals surface area (Å²) < 4.78 is 4.86. The van der Waals surface area contributed by atoms with Gasteiger partial charge < -0.3 is 15.4 Å². The lowest BCUT2D eigenvalue weighted by molar-refractivity contribution is -0.143. The molecule has 0 aliphatic carbocycles. The van der Waals surface area contributed by atoms with Crippen molar-refractivity contribution in [1.82, 2.24) is 10.6 Å². The summed E-state index contributed by atoms with van der Waals surface area (Å²) in [5, 5.41) is 5.96. The SMILES string of the molecule is CCOC(=O)CC(C)NC(C)C(=O)NC(C)(C)C. The molecular weight excluding hydrogens is 232 g/mol. The molecule has 0 saturated heterocycles. The lowest BCUT2D eigenvalue weighted by atomic mass is 10.1. The van der Waals surface area contributed by atoms with E-state index in [1.54, 1.807) is 13.8 Å². The summed E-state index contributed by atoms with van der Waals surface area (Å²) in [6.45, 7) is 11.6. The number of ether oxygens (including phenoxy) is 1. The van der Waals surface area contributed by atoms with Crippen molar-refractivity contribution in [2.24, 2.45) is 0 Å². The van der Waals surface area contributed by atoms with E-state index in [-0.39, 0.29) is 35.9 Å². The van der Waals surface area contributed by atoms with Crippen molar-refractivity contribution in [3.8, 4) is 0 Å². The van der Waals surface area contributed by atoms with Crippen molar-refractivity contribution in [2.45, 2.75) is 65.6 Å². The number of carbonyl (C=O) groups is 2. The Morgan fingerprint density at radius 1 is 1.22 bits per heavy atom. The van der Waals surface area contributed by atoms with Crippen molar-refractivity contribution in [2.75, 3.05) is 6.61 Å². The molecule has 2 N–H and O–H groups in total. The third-order valence-corrected chi connectivity index (χ3v) is 2.20. The number of hydrogen-bond acceptors (Lipinski definition) is 4. The zero-order chi connectivity index (χ0) is 14.3. The van der Waals surface area contributed by atoms with Crippen LogP contribution in [0.5, 0.6) is 0 Å². The van der Waals surface area contributed by atoms with Gasteiger partial charge in [0.05, 0.1) is 19.1 Å². The van der Waals surface area contributed by atoms with Crippen LogP contribution in [-0.4, -0.2) is 36.1 Å². The fourth-order valence-corrected chi connectivity index (χ4v) is 1.51. The van der Waals surface area contributed by atoms with Gasteiger partial charge in [-0.2, -0.15) is 0 Å². The molecule has 18 heavy (non-hydrogen) atoms. The predicted octanol–water partition coefficient (Wildman–Crippen LogP) is 1.22. The van der Waals surface area contributed by atoms with Gasteiger partial charge in [0.25, 0.3) is 0 Å². The average Bonchev–Trinajstić information content (AvgIpc) is 2.14. The Morgan fingerprint density at radius 3 is 2.22 bits per heavy atom. The van der Waals surface area contributed by atoms with E-state index in [0.29, 0.717) is 6.61 Å². The van der Waals surface area contributed by atoms with E-state index in [9.17, 15) is 9.59 Å². The van der Waals surface area contributed by atoms with Crippen LogP contribution in [-0.2, 0) is 14.3 Å². The lowest BCUT2D eigenvalue weighted by Gasteiger charge is -2.25. The first-order valence-electron chi connectivity index (χ1n) is 6.39. The first kappa shape index (κ1) is 16.9. The average molecular weight is 258 g/mol. The standard InChI is InChI=1S/C13H26N2O3/c1-7-18-11(16)8-9(2)14-10(3)12(17)15-13(4,5)6/h9-10,14H,7-8H2,1-6H3,(H,15,17). The fourth-order valence-electron chi connectivity index (χ4n) is 1.51. The highest BCUT2D eigenvalue weighted by Crippen LogP contribution is 2.01. The Bertz CT molecular complexity index is 284. The molecule has 2 atom stereocenters. The fraction of sp³-hybridized carbons (Fsp3) is 0.846. The summed E-state index contributed by atoms with van der Waals surface area (Å²) >= 11 is 0. The van der Waals surface area contributed by atoms with Gasteiger partial charge in [0.1, 0.15) is 0 Å². The number of amides is 1. The molecule has 106 valence electrons. The minimum atomic E-state index is -0.339. The highest BCUT2D eigenvalue weighted by atomic mass is 16.5. The molecule has 5 nitrogen and oxygen atoms in total. The molecule has 0 rings (SSSR count). The smallest absolute Gasteiger partial charge is 0.307 e. The molecule has 0 aliphatic heterocycles. The van der Waals surface area contributed by atoms with E-state index in [1.165, 1.54) is 0 Å². The van der Waals surface area contributed by atoms with E-state index in [4.69, 9.17) is 4.74 Å². The molecular formula is C13H26N2O3. The molecule has 0 aliphatic rings. The molecule has 0 saturated carbocycles. The van der Waals surface area contributed by atoms with Gasteiger partial charge >= 0.3 is 5.97 Å². The number of carbonyl (C=O) groups excluding carboxylic acids is 2. The van der Waals surface area contributed by atoms with Crippen molar-refractivity contribution in [1.29, 1.82) is 0 Å². The molecule has 0 heterocycles. The molecule has 1 amide bonds. The quantitative estimate of drug-likeness (QED) is 0.703. The van der Waals surface area contributed by atoms with Crippen LogP contribution in [0.1, 0.15) is 48.0 Å². The zero-order valence-corrected chi connectivity index (χ0v) is 12.3. The van der Waals surface area contributed by atoms with Crippen LogP contribution in [0, 0.1) is 0 Å². The van der Waals surface area contributed by atoms with Crippen LogP contribution in [0.4, 0.5) is 0 Å². The monoisotopic (exact) mass is 258 g/mol. The van der Waals surface area contributed by atoms with Crippen LogP contribution in [0.2, 0.25) is 0 Å². The summed E-state index contributed by atoms with van der Waals surface area (Å²) in [5.74, 6) is -0.320. The normalized spacial score (nSPS) is 14.8. The highest BCUT2D eigenvalue weighted by Gasteiger charge is 2.21. The van der Waals surface area contributed by atoms with Gasteiger partial charge in [0.15, 0.2) is 0 Å². The molecule has 0 aromatic heterocycles. The molecule has 0 radical (unpaired) electrons. The Labute approximate surface area is 110 Å². The predicted molar refractivity (Wildman–Crippen MR) is 71.2 cm³/mol. The van der Waals surface area contributed by atoms with Gasteiger partial charge in [-0.3, -0.25) is 9.59 Å². The van der Waals surface area contributed by atoms with Crippen molar-refractivity contribution in [3.63, 3.8) is 0 Å². The zero-order valence-electron chi connectivity index (χ0n) is 12.3. The molecule has 5 heteroatoms. The van der Waals surface area contributed by atoms with Crippen LogP contribution < -0.4 is 10.6 Å². The topological polar surface area (TPSA) is 67.4 Å². The number of rotatable bonds is 6. The van der Waals surface area contributed by atoms with Gasteiger partial charge in [-0.25, -0.2) is 0 Å². The second-order valence-electron chi connectivity index (χ2n) is 5.54. The lowest BCUT2D eigenvalue weighted by Crippen LogP contribution is -2.51. The van der Waals surface area contributed by atoms with E-state index >= 15 is 0 Å². The largest absolute Gasteiger partial charge is 0.466 e. The van der Waals surface area contributed by atoms with E-state index in [1.807, 2.05) is 27.7 Å². The van der Waals surface area contributed by atoms with Crippen LogP contribution >= 0.6 is 0 Å². The summed E-state index contributed by atoms with van der Waals surface area (Å²) in [4.78, 5) is 23.1. The number of esters is 1. The van der Waals surface area contributed by atoms with Crippen molar-refractivity contribution in [3.05, 3.63) is 0 Å². The molecule has 0 aromatic carbocycles. The highest BCUT2D eigenvalue weighted by molar-refractivity contribution is 5.82. The van der Waals surface area contributed by atoms with Gasteiger partial charge in [-0.1, -0.05) is 0 Å². The first-order valence-corrected chi connectivity index (χ1v) is 6.39. The van der Waals surface area contributed by atoms with Crippen LogP contribution in [0.3, 0.4) is 0 Å². The van der Waals surface area contributed by atoms with Crippen molar-refractivity contribution >= 4 is 11.9 Å². The maximum absolute atomic E-state index is 11.8. The second kappa shape index (κ2) is 7.36. The van der Waals surface area contributed by atoms with Crippen LogP contribution in [0.15, 0.2) is 0 Å². The number of nitrogens with one attached hydrogen (secondary N) is 2. The third-order valence-electron chi connectivity index (χ3n) is 2.20.